The van der Waals surface area contributed by atoms with Gasteiger partial charge in [0.25, 0.3) is 0 Å². The minimum absolute atomic E-state index is 0.0250. The largest absolute Gasteiger partial charge is 0.504 e. The molecule has 0 radical (unpaired) electrons. The fourth-order valence-corrected chi connectivity index (χ4v) is 3.10. The van der Waals surface area contributed by atoms with Gasteiger partial charge in [-0.25, -0.2) is 4.79 Å². The van der Waals surface area contributed by atoms with Gasteiger partial charge in [0.15, 0.2) is 11.5 Å². The van der Waals surface area contributed by atoms with E-state index in [0.29, 0.717) is 30.7 Å². The van der Waals surface area contributed by atoms with Gasteiger partial charge in [0.2, 0.25) is 0 Å². The Labute approximate surface area is 138 Å². The van der Waals surface area contributed by atoms with E-state index in [0.717, 1.165) is 18.5 Å². The number of methoxy groups -OCH3 is 1. The Bertz CT molecular complexity index is 533. The Morgan fingerprint density at radius 3 is 2.91 bits per heavy atom. The molecule has 1 aliphatic heterocycles. The number of aromatic hydroxyl groups is 1. The van der Waals surface area contributed by atoms with Crippen LogP contribution in [0.25, 0.3) is 0 Å². The highest BCUT2D eigenvalue weighted by molar-refractivity contribution is 5.74. The highest BCUT2D eigenvalue weighted by Gasteiger charge is 2.24. The van der Waals surface area contributed by atoms with Crippen molar-refractivity contribution >= 4 is 6.03 Å². The number of benzene rings is 1. The zero-order valence-corrected chi connectivity index (χ0v) is 14.3. The Morgan fingerprint density at radius 1 is 1.39 bits per heavy atom. The Kier molecular flexibility index (Phi) is 6.13. The third-order valence-electron chi connectivity index (χ3n) is 4.55. The fraction of sp³-hybridized carbons (Fsp3) is 0.611. The summed E-state index contributed by atoms with van der Waals surface area (Å²) in [6, 6.07) is 5.60. The molecule has 0 saturated carbocycles. The topological polar surface area (TPSA) is 61.8 Å². The van der Waals surface area contributed by atoms with Crippen LogP contribution in [0.15, 0.2) is 18.2 Å². The zero-order chi connectivity index (χ0) is 16.8. The van der Waals surface area contributed by atoms with Crippen LogP contribution in [0, 0.1) is 5.92 Å². The first-order valence-electron chi connectivity index (χ1n) is 8.41. The molecule has 0 bridgehead atoms. The molecule has 0 aliphatic carbocycles. The van der Waals surface area contributed by atoms with Crippen molar-refractivity contribution < 1.29 is 14.6 Å². The highest BCUT2D eigenvalue weighted by atomic mass is 16.5. The molecule has 1 aromatic carbocycles. The number of rotatable bonds is 4. The minimum Gasteiger partial charge on any atom is -0.504 e. The number of nitrogens with one attached hydrogen (secondary N) is 1. The average Bonchev–Trinajstić information content (AvgIpc) is 2.70. The van der Waals surface area contributed by atoms with Crippen molar-refractivity contribution in [1.29, 1.82) is 0 Å². The maximum absolute atomic E-state index is 12.4. The summed E-state index contributed by atoms with van der Waals surface area (Å²) in [4.78, 5) is 14.4. The Balaban J connectivity index is 1.86. The molecular formula is C18H28N2O3. The number of urea groups is 1. The molecule has 2 rings (SSSR count). The van der Waals surface area contributed by atoms with Crippen molar-refractivity contribution in [3.63, 3.8) is 0 Å². The van der Waals surface area contributed by atoms with Crippen LogP contribution in [-0.2, 0) is 6.42 Å². The van der Waals surface area contributed by atoms with Crippen LogP contribution in [0.5, 0.6) is 11.5 Å². The molecule has 2 amide bonds. The van der Waals surface area contributed by atoms with Gasteiger partial charge in [-0.1, -0.05) is 19.4 Å². The van der Waals surface area contributed by atoms with Crippen molar-refractivity contribution in [2.24, 2.45) is 5.92 Å². The number of hydrogen-bond acceptors (Lipinski definition) is 3. The van der Waals surface area contributed by atoms with Gasteiger partial charge in [-0.3, -0.25) is 0 Å². The van der Waals surface area contributed by atoms with Gasteiger partial charge in [0.1, 0.15) is 0 Å². The lowest BCUT2D eigenvalue weighted by Gasteiger charge is -2.28. The summed E-state index contributed by atoms with van der Waals surface area (Å²) < 4.78 is 5.10. The van der Waals surface area contributed by atoms with E-state index in [1.807, 2.05) is 11.0 Å². The summed E-state index contributed by atoms with van der Waals surface area (Å²) in [5.74, 6) is 1.16. The lowest BCUT2D eigenvalue weighted by molar-refractivity contribution is 0.174. The molecule has 1 aliphatic rings. The first kappa shape index (κ1) is 17.4. The van der Waals surface area contributed by atoms with Gasteiger partial charge in [-0.2, -0.15) is 0 Å². The third-order valence-corrected chi connectivity index (χ3v) is 4.55. The minimum atomic E-state index is 0.0250. The number of carbonyl (C=O) groups excluding carboxylic acids is 1. The first-order valence-corrected chi connectivity index (χ1v) is 8.41. The summed E-state index contributed by atoms with van der Waals surface area (Å²) in [7, 11) is 1.53. The summed E-state index contributed by atoms with van der Waals surface area (Å²) in [5, 5.41) is 12.6. The van der Waals surface area contributed by atoms with Crippen LogP contribution >= 0.6 is 0 Å². The van der Waals surface area contributed by atoms with Crippen molar-refractivity contribution in [3.8, 4) is 11.5 Å². The van der Waals surface area contributed by atoms with Crippen LogP contribution < -0.4 is 10.1 Å². The molecule has 5 nitrogen and oxygen atoms in total. The van der Waals surface area contributed by atoms with Crippen LogP contribution in [0.1, 0.15) is 38.7 Å². The molecule has 1 aromatic rings. The molecule has 2 N–H and O–H groups in total. The maximum Gasteiger partial charge on any atom is 0.317 e. The quantitative estimate of drug-likeness (QED) is 0.896. The van der Waals surface area contributed by atoms with E-state index >= 15 is 0 Å². The van der Waals surface area contributed by atoms with Gasteiger partial charge in [-0.05, 0) is 49.8 Å². The Hall–Kier alpha value is -1.91. The number of phenolic OH excluding ortho intramolecular Hbond substituents is 1. The number of likely N-dealkylation sites (tertiary alicyclic amines) is 1. The predicted octanol–water partition coefficient (Wildman–Crippen LogP) is 3.16. The van der Waals surface area contributed by atoms with Gasteiger partial charge < -0.3 is 20.1 Å². The molecule has 1 heterocycles. The van der Waals surface area contributed by atoms with Gasteiger partial charge >= 0.3 is 6.03 Å². The van der Waals surface area contributed by atoms with E-state index in [1.165, 1.54) is 20.0 Å². The van der Waals surface area contributed by atoms with E-state index in [-0.39, 0.29) is 11.8 Å². The molecular weight excluding hydrogens is 292 g/mol. The first-order chi connectivity index (χ1) is 11.0. The lowest BCUT2D eigenvalue weighted by atomic mass is 10.1. The number of amides is 2. The number of carbonyl (C=O) groups is 1. The molecule has 1 fully saturated rings. The molecule has 0 unspecified atom stereocenters. The lowest BCUT2D eigenvalue weighted by Crippen LogP contribution is -2.46. The molecule has 2 atom stereocenters. The molecule has 0 spiro atoms. The fourth-order valence-electron chi connectivity index (χ4n) is 3.10. The van der Waals surface area contributed by atoms with Crippen LogP contribution in [0.3, 0.4) is 0 Å². The van der Waals surface area contributed by atoms with E-state index in [4.69, 9.17) is 4.74 Å². The van der Waals surface area contributed by atoms with Gasteiger partial charge in [0.05, 0.1) is 7.11 Å². The van der Waals surface area contributed by atoms with Crippen molar-refractivity contribution in [2.45, 2.75) is 45.6 Å². The summed E-state index contributed by atoms with van der Waals surface area (Å²) in [5.41, 5.74) is 1.03. The van der Waals surface area contributed by atoms with E-state index in [1.54, 1.807) is 12.1 Å². The number of hydrogen-bond donors (Lipinski definition) is 2. The summed E-state index contributed by atoms with van der Waals surface area (Å²) >= 11 is 0. The summed E-state index contributed by atoms with van der Waals surface area (Å²) in [6.07, 6.45) is 4.17. The van der Waals surface area contributed by atoms with Crippen LogP contribution in [0.4, 0.5) is 4.79 Å². The second-order valence-electron chi connectivity index (χ2n) is 6.53. The van der Waals surface area contributed by atoms with E-state index in [9.17, 15) is 9.90 Å². The smallest absolute Gasteiger partial charge is 0.317 e. The van der Waals surface area contributed by atoms with Crippen LogP contribution in [-0.4, -0.2) is 42.3 Å². The maximum atomic E-state index is 12.4. The second kappa shape index (κ2) is 8.09. The molecule has 1 saturated heterocycles. The highest BCUT2D eigenvalue weighted by Crippen LogP contribution is 2.26. The number of nitrogens with zero attached hydrogens (tertiary/aromatic N) is 1. The third kappa shape index (κ3) is 4.78. The standard InChI is InChI=1S/C18H28N2O3/c1-13-5-4-6-14(2)20(12-13)18(22)19-10-9-15-7-8-16(21)17(11-15)23-3/h7-8,11,13-14,21H,4-6,9-10,12H2,1-3H3,(H,19,22)/t13-,14+/m1/s1. The van der Waals surface area contributed by atoms with E-state index in [2.05, 4.69) is 19.2 Å². The molecule has 128 valence electrons. The normalized spacial score (nSPS) is 21.6. The predicted molar refractivity (Wildman–Crippen MR) is 90.9 cm³/mol. The monoisotopic (exact) mass is 320 g/mol. The Morgan fingerprint density at radius 2 is 2.17 bits per heavy atom. The van der Waals surface area contributed by atoms with Crippen LogP contribution in [0.2, 0.25) is 0 Å². The average molecular weight is 320 g/mol. The summed E-state index contributed by atoms with van der Waals surface area (Å²) in [6.45, 7) is 5.74. The molecule has 5 heteroatoms. The van der Waals surface area contributed by atoms with Crippen molar-refractivity contribution in [2.75, 3.05) is 20.2 Å². The number of phenols is 1. The zero-order valence-electron chi connectivity index (χ0n) is 14.3. The van der Waals surface area contributed by atoms with Crippen molar-refractivity contribution in [3.05, 3.63) is 23.8 Å². The van der Waals surface area contributed by atoms with E-state index < -0.39 is 0 Å². The number of ether oxygens (including phenoxy) is 1. The SMILES string of the molecule is COc1cc(CCNC(=O)N2C[C@H](C)CCC[C@@H]2C)ccc1O. The molecule has 23 heavy (non-hydrogen) atoms. The van der Waals surface area contributed by atoms with Crippen molar-refractivity contribution in [1.82, 2.24) is 10.2 Å². The second-order valence-corrected chi connectivity index (χ2v) is 6.53. The van der Waals surface area contributed by atoms with Gasteiger partial charge in [-0.15, -0.1) is 0 Å². The van der Waals surface area contributed by atoms with Gasteiger partial charge in [0, 0.05) is 19.1 Å². The molecule has 0 aromatic heterocycles.